The SMILES string of the molecule is COc1ccc(CC(=O)NCc2ccc(C(=O)Nc3ccc(-n4cccn4)cc3)cc2)cc1. The van der Waals surface area contributed by atoms with Crippen molar-refractivity contribution in [3.05, 3.63) is 108 Å². The van der Waals surface area contributed by atoms with Gasteiger partial charge in [0.25, 0.3) is 5.91 Å². The molecule has 0 saturated heterocycles. The number of carbonyl (C=O) groups excluding carboxylic acids is 2. The van der Waals surface area contributed by atoms with Gasteiger partial charge < -0.3 is 15.4 Å². The maximum Gasteiger partial charge on any atom is 0.255 e. The van der Waals surface area contributed by atoms with Crippen LogP contribution in [-0.2, 0) is 17.8 Å². The molecule has 7 nitrogen and oxygen atoms in total. The molecular formula is C26H24N4O3. The summed E-state index contributed by atoms with van der Waals surface area (Å²) in [4.78, 5) is 24.8. The lowest BCUT2D eigenvalue weighted by atomic mass is 10.1. The number of hydrogen-bond acceptors (Lipinski definition) is 4. The summed E-state index contributed by atoms with van der Waals surface area (Å²) < 4.78 is 6.88. The maximum atomic E-state index is 12.5. The highest BCUT2D eigenvalue weighted by molar-refractivity contribution is 6.04. The van der Waals surface area contributed by atoms with Gasteiger partial charge in [0.05, 0.1) is 19.2 Å². The minimum absolute atomic E-state index is 0.0689. The zero-order chi connectivity index (χ0) is 23.0. The summed E-state index contributed by atoms with van der Waals surface area (Å²) in [6, 6.07) is 23.9. The molecule has 166 valence electrons. The van der Waals surface area contributed by atoms with Gasteiger partial charge in [-0.05, 0) is 65.7 Å². The van der Waals surface area contributed by atoms with E-state index in [0.29, 0.717) is 24.2 Å². The average Bonchev–Trinajstić information content (AvgIpc) is 3.39. The van der Waals surface area contributed by atoms with Crippen molar-refractivity contribution in [2.45, 2.75) is 13.0 Å². The Bertz CT molecular complexity index is 1200. The van der Waals surface area contributed by atoms with Crippen molar-refractivity contribution in [2.75, 3.05) is 12.4 Å². The van der Waals surface area contributed by atoms with Gasteiger partial charge >= 0.3 is 0 Å². The molecule has 33 heavy (non-hydrogen) atoms. The molecule has 1 aromatic heterocycles. The summed E-state index contributed by atoms with van der Waals surface area (Å²) in [5.41, 5.74) is 3.98. The highest BCUT2D eigenvalue weighted by Crippen LogP contribution is 2.15. The Morgan fingerprint density at radius 2 is 1.61 bits per heavy atom. The van der Waals surface area contributed by atoms with Crippen LogP contribution >= 0.6 is 0 Å². The Hall–Kier alpha value is -4.39. The molecule has 2 amide bonds. The lowest BCUT2D eigenvalue weighted by molar-refractivity contribution is -0.120. The summed E-state index contributed by atoms with van der Waals surface area (Å²) in [7, 11) is 1.61. The summed E-state index contributed by atoms with van der Waals surface area (Å²) in [5, 5.41) is 9.98. The quantitative estimate of drug-likeness (QED) is 0.434. The van der Waals surface area contributed by atoms with E-state index in [-0.39, 0.29) is 11.8 Å². The minimum Gasteiger partial charge on any atom is -0.497 e. The van der Waals surface area contributed by atoms with Crippen LogP contribution in [-0.4, -0.2) is 28.7 Å². The largest absolute Gasteiger partial charge is 0.497 e. The third-order valence-electron chi connectivity index (χ3n) is 5.12. The number of amides is 2. The number of rotatable bonds is 8. The van der Waals surface area contributed by atoms with E-state index < -0.39 is 0 Å². The molecule has 0 fully saturated rings. The van der Waals surface area contributed by atoms with Gasteiger partial charge in [-0.25, -0.2) is 4.68 Å². The lowest BCUT2D eigenvalue weighted by Crippen LogP contribution is -2.24. The number of carbonyl (C=O) groups is 2. The van der Waals surface area contributed by atoms with E-state index in [9.17, 15) is 9.59 Å². The van der Waals surface area contributed by atoms with Crippen LogP contribution in [0.25, 0.3) is 5.69 Å². The zero-order valence-electron chi connectivity index (χ0n) is 18.2. The number of benzene rings is 3. The first-order chi connectivity index (χ1) is 16.1. The van der Waals surface area contributed by atoms with Crippen LogP contribution < -0.4 is 15.4 Å². The molecule has 0 saturated carbocycles. The number of nitrogens with one attached hydrogen (secondary N) is 2. The van der Waals surface area contributed by atoms with E-state index in [0.717, 1.165) is 22.6 Å². The first kappa shape index (κ1) is 21.8. The number of ether oxygens (including phenoxy) is 1. The fourth-order valence-electron chi connectivity index (χ4n) is 3.29. The molecule has 0 atom stereocenters. The zero-order valence-corrected chi connectivity index (χ0v) is 18.2. The van der Waals surface area contributed by atoms with E-state index >= 15 is 0 Å². The van der Waals surface area contributed by atoms with E-state index in [1.165, 1.54) is 0 Å². The molecule has 0 aliphatic rings. The second kappa shape index (κ2) is 10.3. The summed E-state index contributed by atoms with van der Waals surface area (Å²) in [6.45, 7) is 0.395. The molecule has 2 N–H and O–H groups in total. The van der Waals surface area contributed by atoms with Gasteiger partial charge in [-0.1, -0.05) is 24.3 Å². The predicted octanol–water partition coefficient (Wildman–Crippen LogP) is 3.99. The van der Waals surface area contributed by atoms with E-state index in [1.807, 2.05) is 72.9 Å². The highest BCUT2D eigenvalue weighted by atomic mass is 16.5. The smallest absolute Gasteiger partial charge is 0.255 e. The summed E-state index contributed by atoms with van der Waals surface area (Å²) in [5.74, 6) is 0.493. The third kappa shape index (κ3) is 5.86. The normalized spacial score (nSPS) is 10.5. The summed E-state index contributed by atoms with van der Waals surface area (Å²) in [6.07, 6.45) is 3.87. The Kier molecular flexibility index (Phi) is 6.80. The molecule has 4 rings (SSSR count). The van der Waals surface area contributed by atoms with Crippen molar-refractivity contribution in [1.82, 2.24) is 15.1 Å². The van der Waals surface area contributed by atoms with Gasteiger partial charge in [-0.15, -0.1) is 0 Å². The van der Waals surface area contributed by atoms with Crippen LogP contribution in [0.1, 0.15) is 21.5 Å². The van der Waals surface area contributed by atoms with Crippen LogP contribution in [0.2, 0.25) is 0 Å². The predicted molar refractivity (Wildman–Crippen MR) is 127 cm³/mol. The molecule has 4 aromatic rings. The second-order valence-electron chi connectivity index (χ2n) is 7.45. The molecule has 7 heteroatoms. The van der Waals surface area contributed by atoms with Crippen molar-refractivity contribution < 1.29 is 14.3 Å². The van der Waals surface area contributed by atoms with Gasteiger partial charge in [-0.2, -0.15) is 5.10 Å². The number of nitrogens with zero attached hydrogens (tertiary/aromatic N) is 2. The van der Waals surface area contributed by atoms with E-state index in [2.05, 4.69) is 15.7 Å². The van der Waals surface area contributed by atoms with Gasteiger partial charge in [0.1, 0.15) is 5.75 Å². The molecule has 0 unspecified atom stereocenters. The van der Waals surface area contributed by atoms with Crippen molar-refractivity contribution in [1.29, 1.82) is 0 Å². The van der Waals surface area contributed by atoms with Crippen LogP contribution in [0.15, 0.2) is 91.3 Å². The Morgan fingerprint density at radius 3 is 2.24 bits per heavy atom. The first-order valence-corrected chi connectivity index (χ1v) is 10.5. The van der Waals surface area contributed by atoms with Crippen LogP contribution in [0.4, 0.5) is 5.69 Å². The molecule has 1 heterocycles. The van der Waals surface area contributed by atoms with E-state index in [4.69, 9.17) is 4.74 Å². The van der Waals surface area contributed by atoms with Gasteiger partial charge in [0.2, 0.25) is 5.91 Å². The Balaban J connectivity index is 1.27. The minimum atomic E-state index is -0.197. The molecule has 0 bridgehead atoms. The fourth-order valence-corrected chi connectivity index (χ4v) is 3.29. The van der Waals surface area contributed by atoms with Crippen molar-refractivity contribution >= 4 is 17.5 Å². The number of aromatic nitrogens is 2. The first-order valence-electron chi connectivity index (χ1n) is 10.5. The summed E-state index contributed by atoms with van der Waals surface area (Å²) >= 11 is 0. The fraction of sp³-hybridized carbons (Fsp3) is 0.115. The number of hydrogen-bond donors (Lipinski definition) is 2. The molecule has 0 radical (unpaired) electrons. The third-order valence-corrected chi connectivity index (χ3v) is 5.12. The van der Waals surface area contributed by atoms with Crippen molar-refractivity contribution in [3.63, 3.8) is 0 Å². The molecule has 0 aliphatic heterocycles. The van der Waals surface area contributed by atoms with Crippen LogP contribution in [0.3, 0.4) is 0 Å². The molecule has 0 aliphatic carbocycles. The molecule has 0 spiro atoms. The monoisotopic (exact) mass is 440 g/mol. The second-order valence-corrected chi connectivity index (χ2v) is 7.45. The lowest BCUT2D eigenvalue weighted by Gasteiger charge is -2.09. The van der Waals surface area contributed by atoms with Gasteiger partial charge in [0.15, 0.2) is 0 Å². The van der Waals surface area contributed by atoms with Crippen molar-refractivity contribution in [2.24, 2.45) is 0 Å². The Morgan fingerprint density at radius 1 is 0.909 bits per heavy atom. The molecular weight excluding hydrogens is 416 g/mol. The van der Waals surface area contributed by atoms with Gasteiger partial charge in [0, 0.05) is 30.2 Å². The van der Waals surface area contributed by atoms with E-state index in [1.54, 1.807) is 30.1 Å². The average molecular weight is 441 g/mol. The van der Waals surface area contributed by atoms with Crippen LogP contribution in [0.5, 0.6) is 5.75 Å². The number of methoxy groups -OCH3 is 1. The number of anilines is 1. The standard InChI is InChI=1S/C26H24N4O3/c1-33-24-13-5-19(6-14-24)17-25(31)27-18-20-3-7-21(8-4-20)26(32)29-22-9-11-23(12-10-22)30-16-2-15-28-30/h2-16H,17-18H2,1H3,(H,27,31)(H,29,32). The highest BCUT2D eigenvalue weighted by Gasteiger charge is 2.08. The molecule has 3 aromatic carbocycles. The van der Waals surface area contributed by atoms with Crippen LogP contribution in [0, 0.1) is 0 Å². The maximum absolute atomic E-state index is 12.5. The van der Waals surface area contributed by atoms with Crippen molar-refractivity contribution in [3.8, 4) is 11.4 Å². The van der Waals surface area contributed by atoms with Gasteiger partial charge in [-0.3, -0.25) is 9.59 Å². The Labute approximate surface area is 192 Å². The topological polar surface area (TPSA) is 85.2 Å².